The van der Waals surface area contributed by atoms with Gasteiger partial charge >= 0.3 is 5.69 Å². The minimum absolute atomic E-state index is 0.0113. The molecule has 1 amide bonds. The molecule has 0 aliphatic carbocycles. The van der Waals surface area contributed by atoms with E-state index in [1.54, 1.807) is 19.1 Å². The maximum absolute atomic E-state index is 12.3. The maximum atomic E-state index is 12.3. The molecule has 0 radical (unpaired) electrons. The zero-order valence-electron chi connectivity index (χ0n) is 13.9. The van der Waals surface area contributed by atoms with Crippen molar-refractivity contribution in [3.8, 4) is 0 Å². The predicted molar refractivity (Wildman–Crippen MR) is 93.0 cm³/mol. The summed E-state index contributed by atoms with van der Waals surface area (Å²) in [6, 6.07) is 9.81. The highest BCUT2D eigenvalue weighted by Crippen LogP contribution is 2.14. The van der Waals surface area contributed by atoms with Crippen LogP contribution in [0.5, 0.6) is 0 Å². The number of aromatic amines is 1. The Labute approximate surface area is 145 Å². The summed E-state index contributed by atoms with van der Waals surface area (Å²) >= 11 is 1.26. The van der Waals surface area contributed by atoms with Gasteiger partial charge < -0.3 is 9.64 Å². The fourth-order valence-electron chi connectivity index (χ4n) is 2.16. The Morgan fingerprint density at radius 1 is 1.38 bits per heavy atom. The van der Waals surface area contributed by atoms with Crippen molar-refractivity contribution in [1.82, 2.24) is 19.7 Å². The molecule has 0 bridgehead atoms. The summed E-state index contributed by atoms with van der Waals surface area (Å²) in [5, 5.41) is 6.94. The SMILES string of the molecule is COCCCn1c(SCC(=O)N(C)Cc2ccccc2)n[nH]c1=O. The van der Waals surface area contributed by atoms with Crippen LogP contribution in [-0.2, 0) is 22.6 Å². The zero-order chi connectivity index (χ0) is 17.4. The Hall–Kier alpha value is -2.06. The van der Waals surface area contributed by atoms with E-state index in [4.69, 9.17) is 4.74 Å². The van der Waals surface area contributed by atoms with E-state index >= 15 is 0 Å². The molecule has 0 aliphatic heterocycles. The fraction of sp³-hybridized carbons (Fsp3) is 0.438. The van der Waals surface area contributed by atoms with Crippen LogP contribution in [0.4, 0.5) is 0 Å². The molecule has 8 heteroatoms. The van der Waals surface area contributed by atoms with E-state index in [1.807, 2.05) is 30.3 Å². The van der Waals surface area contributed by atoms with E-state index in [1.165, 1.54) is 16.3 Å². The maximum Gasteiger partial charge on any atom is 0.343 e. The van der Waals surface area contributed by atoms with Crippen molar-refractivity contribution in [2.45, 2.75) is 24.7 Å². The molecule has 1 aromatic heterocycles. The van der Waals surface area contributed by atoms with Gasteiger partial charge in [0.2, 0.25) is 5.91 Å². The first-order valence-electron chi connectivity index (χ1n) is 7.66. The third-order valence-electron chi connectivity index (χ3n) is 3.47. The predicted octanol–water partition coefficient (Wildman–Crippen LogP) is 1.36. The number of thioether (sulfide) groups is 1. The second-order valence-corrected chi connectivity index (χ2v) is 6.28. The lowest BCUT2D eigenvalue weighted by atomic mass is 10.2. The van der Waals surface area contributed by atoms with Gasteiger partial charge in [0, 0.05) is 33.9 Å². The Balaban J connectivity index is 1.88. The smallest absolute Gasteiger partial charge is 0.343 e. The van der Waals surface area contributed by atoms with E-state index in [0.29, 0.717) is 31.3 Å². The molecule has 0 fully saturated rings. The second-order valence-electron chi connectivity index (χ2n) is 5.33. The largest absolute Gasteiger partial charge is 0.385 e. The molecule has 130 valence electrons. The van der Waals surface area contributed by atoms with Crippen LogP contribution in [0, 0.1) is 0 Å². The number of carbonyl (C=O) groups excluding carboxylic acids is 1. The lowest BCUT2D eigenvalue weighted by Crippen LogP contribution is -2.28. The lowest BCUT2D eigenvalue weighted by Gasteiger charge is -2.17. The molecule has 0 aliphatic rings. The number of hydrogen-bond donors (Lipinski definition) is 1. The average molecular weight is 350 g/mol. The molecule has 1 heterocycles. The number of carbonyl (C=O) groups is 1. The third-order valence-corrected chi connectivity index (χ3v) is 4.43. The summed E-state index contributed by atoms with van der Waals surface area (Å²) in [6.45, 7) is 1.64. The van der Waals surface area contributed by atoms with Crippen LogP contribution in [0.3, 0.4) is 0 Å². The number of nitrogens with one attached hydrogen (secondary N) is 1. The van der Waals surface area contributed by atoms with Gasteiger partial charge in [-0.05, 0) is 12.0 Å². The van der Waals surface area contributed by atoms with Gasteiger partial charge in [-0.2, -0.15) is 0 Å². The number of H-pyrrole nitrogens is 1. The first kappa shape index (κ1) is 18.3. The van der Waals surface area contributed by atoms with Crippen molar-refractivity contribution in [3.63, 3.8) is 0 Å². The van der Waals surface area contributed by atoms with E-state index in [-0.39, 0.29) is 17.3 Å². The number of hydrogen-bond acceptors (Lipinski definition) is 5. The molecule has 24 heavy (non-hydrogen) atoms. The summed E-state index contributed by atoms with van der Waals surface area (Å²) < 4.78 is 6.53. The van der Waals surface area contributed by atoms with Crippen molar-refractivity contribution in [3.05, 3.63) is 46.4 Å². The van der Waals surface area contributed by atoms with Gasteiger partial charge in [0.25, 0.3) is 0 Å². The Kier molecular flexibility index (Phi) is 7.07. The Morgan fingerprint density at radius 3 is 2.83 bits per heavy atom. The molecule has 7 nitrogen and oxygen atoms in total. The lowest BCUT2D eigenvalue weighted by molar-refractivity contribution is -0.127. The summed E-state index contributed by atoms with van der Waals surface area (Å²) in [4.78, 5) is 25.7. The molecule has 0 spiro atoms. The Bertz CT molecular complexity index is 699. The van der Waals surface area contributed by atoms with Gasteiger partial charge in [0.15, 0.2) is 5.16 Å². The van der Waals surface area contributed by atoms with Crippen molar-refractivity contribution in [2.24, 2.45) is 0 Å². The van der Waals surface area contributed by atoms with Gasteiger partial charge in [-0.3, -0.25) is 9.36 Å². The molecular weight excluding hydrogens is 328 g/mol. The second kappa shape index (κ2) is 9.29. The van der Waals surface area contributed by atoms with Crippen LogP contribution < -0.4 is 5.69 Å². The molecular formula is C16H22N4O3S. The number of aromatic nitrogens is 3. The summed E-state index contributed by atoms with van der Waals surface area (Å²) in [5.41, 5.74) is 0.813. The highest BCUT2D eigenvalue weighted by Gasteiger charge is 2.14. The summed E-state index contributed by atoms with van der Waals surface area (Å²) in [7, 11) is 3.39. The molecule has 1 N–H and O–H groups in total. The first-order valence-corrected chi connectivity index (χ1v) is 8.65. The number of benzene rings is 1. The van der Waals surface area contributed by atoms with Crippen LogP contribution in [0.1, 0.15) is 12.0 Å². The van der Waals surface area contributed by atoms with E-state index in [0.717, 1.165) is 5.56 Å². The number of methoxy groups -OCH3 is 1. The number of ether oxygens (including phenoxy) is 1. The van der Waals surface area contributed by atoms with Crippen LogP contribution in [0.2, 0.25) is 0 Å². The molecule has 2 aromatic rings. The monoisotopic (exact) mass is 350 g/mol. The quantitative estimate of drug-likeness (QED) is 0.546. The molecule has 0 unspecified atom stereocenters. The number of amides is 1. The number of rotatable bonds is 9. The molecule has 0 saturated carbocycles. The topological polar surface area (TPSA) is 80.2 Å². The van der Waals surface area contributed by atoms with Gasteiger partial charge in [0.05, 0.1) is 5.75 Å². The molecule has 0 saturated heterocycles. The van der Waals surface area contributed by atoms with Gasteiger partial charge in [-0.25, -0.2) is 9.89 Å². The van der Waals surface area contributed by atoms with Crippen LogP contribution in [0.25, 0.3) is 0 Å². The van der Waals surface area contributed by atoms with Crippen LogP contribution in [0.15, 0.2) is 40.3 Å². The highest BCUT2D eigenvalue weighted by molar-refractivity contribution is 7.99. The van der Waals surface area contributed by atoms with Gasteiger partial charge in [-0.15, -0.1) is 5.10 Å². The molecule has 1 aromatic carbocycles. The van der Waals surface area contributed by atoms with Gasteiger partial charge in [0.1, 0.15) is 0 Å². The van der Waals surface area contributed by atoms with Gasteiger partial charge in [-0.1, -0.05) is 42.1 Å². The minimum Gasteiger partial charge on any atom is -0.385 e. The van der Waals surface area contributed by atoms with Crippen molar-refractivity contribution in [2.75, 3.05) is 26.5 Å². The fourth-order valence-corrected chi connectivity index (χ4v) is 3.07. The molecule has 0 atom stereocenters. The summed E-state index contributed by atoms with van der Waals surface area (Å²) in [5.74, 6) is 0.223. The minimum atomic E-state index is -0.265. The first-order chi connectivity index (χ1) is 11.6. The van der Waals surface area contributed by atoms with Crippen molar-refractivity contribution in [1.29, 1.82) is 0 Å². The third kappa shape index (κ3) is 5.24. The summed E-state index contributed by atoms with van der Waals surface area (Å²) in [6.07, 6.45) is 0.714. The van der Waals surface area contributed by atoms with Crippen LogP contribution in [-0.4, -0.2) is 52.1 Å². The average Bonchev–Trinajstić information content (AvgIpc) is 2.94. The van der Waals surface area contributed by atoms with Crippen molar-refractivity contribution >= 4 is 17.7 Å². The standard InChI is InChI=1S/C16H22N4O3S/c1-19(11-13-7-4-3-5-8-13)14(21)12-24-16-18-17-15(22)20(16)9-6-10-23-2/h3-5,7-8H,6,9-12H2,1-2H3,(H,17,22). The van der Waals surface area contributed by atoms with Crippen molar-refractivity contribution < 1.29 is 9.53 Å². The highest BCUT2D eigenvalue weighted by atomic mass is 32.2. The normalized spacial score (nSPS) is 10.8. The van der Waals surface area contributed by atoms with E-state index in [2.05, 4.69) is 10.2 Å². The zero-order valence-corrected chi connectivity index (χ0v) is 14.7. The molecule has 2 rings (SSSR count). The number of nitrogens with zero attached hydrogens (tertiary/aromatic N) is 3. The Morgan fingerprint density at radius 2 is 2.12 bits per heavy atom. The van der Waals surface area contributed by atoms with E-state index in [9.17, 15) is 9.59 Å². The van der Waals surface area contributed by atoms with Crippen LogP contribution >= 0.6 is 11.8 Å². The van der Waals surface area contributed by atoms with E-state index < -0.39 is 0 Å².